The molecule has 1 rings (SSSR count). The molecule has 1 saturated heterocycles. The number of hydrogen-bond donors (Lipinski definition) is 1. The molecule has 1 aliphatic heterocycles. The first-order chi connectivity index (χ1) is 8.74. The van der Waals surface area contributed by atoms with Gasteiger partial charge in [0, 0.05) is 37.0 Å². The summed E-state index contributed by atoms with van der Waals surface area (Å²) in [6.45, 7) is 13.1. The lowest BCUT2D eigenvalue weighted by Gasteiger charge is -2.49. The molecule has 114 valence electrons. The zero-order valence-electron chi connectivity index (χ0n) is 13.1. The highest BCUT2D eigenvalue weighted by Gasteiger charge is 2.37. The van der Waals surface area contributed by atoms with Gasteiger partial charge in [-0.2, -0.15) is 0 Å². The van der Waals surface area contributed by atoms with Crippen molar-refractivity contribution in [1.29, 1.82) is 0 Å². The van der Waals surface area contributed by atoms with Crippen molar-refractivity contribution in [2.24, 2.45) is 5.92 Å². The van der Waals surface area contributed by atoms with E-state index in [1.165, 1.54) is 0 Å². The molecule has 1 heterocycles. The Balaban J connectivity index is 2.73. The number of nitrogens with one attached hydrogen (secondary N) is 1. The summed E-state index contributed by atoms with van der Waals surface area (Å²) in [6, 6.07) is 0.462. The second kappa shape index (κ2) is 6.55. The van der Waals surface area contributed by atoms with Gasteiger partial charge in [0.1, 0.15) is 0 Å². The zero-order valence-corrected chi connectivity index (χ0v) is 13.9. The Kier molecular flexibility index (Phi) is 5.83. The molecule has 5 heteroatoms. The molecule has 0 spiro atoms. The lowest BCUT2D eigenvalue weighted by Crippen LogP contribution is -2.64. The summed E-state index contributed by atoms with van der Waals surface area (Å²) in [7, 11) is -2.88. The van der Waals surface area contributed by atoms with E-state index in [0.717, 1.165) is 19.5 Å². The number of sulfone groups is 1. The number of piperazine rings is 1. The average Bonchev–Trinajstić information content (AvgIpc) is 2.37. The first kappa shape index (κ1) is 16.9. The molecule has 0 aromatic heterocycles. The summed E-state index contributed by atoms with van der Waals surface area (Å²) in [5.74, 6) is 1.10. The van der Waals surface area contributed by atoms with Gasteiger partial charge >= 0.3 is 0 Å². The topological polar surface area (TPSA) is 49.4 Å². The highest BCUT2D eigenvalue weighted by atomic mass is 32.2. The molecule has 0 aromatic rings. The monoisotopic (exact) mass is 290 g/mol. The molecule has 0 aliphatic carbocycles. The van der Waals surface area contributed by atoms with Gasteiger partial charge in [0.25, 0.3) is 0 Å². The third-order valence-electron chi connectivity index (χ3n) is 4.60. The molecule has 0 radical (unpaired) electrons. The van der Waals surface area contributed by atoms with E-state index < -0.39 is 9.84 Å². The van der Waals surface area contributed by atoms with Crippen molar-refractivity contribution in [3.8, 4) is 0 Å². The van der Waals surface area contributed by atoms with Crippen LogP contribution in [0.25, 0.3) is 0 Å². The van der Waals surface area contributed by atoms with Crippen molar-refractivity contribution >= 4 is 9.84 Å². The van der Waals surface area contributed by atoms with Crippen LogP contribution in [0.2, 0.25) is 0 Å². The van der Waals surface area contributed by atoms with Gasteiger partial charge in [0.2, 0.25) is 0 Å². The highest BCUT2D eigenvalue weighted by Crippen LogP contribution is 2.24. The fourth-order valence-corrected chi connectivity index (χ4v) is 3.32. The molecule has 1 aliphatic rings. The van der Waals surface area contributed by atoms with Crippen LogP contribution in [-0.2, 0) is 9.84 Å². The second-order valence-electron chi connectivity index (χ2n) is 6.26. The van der Waals surface area contributed by atoms with Gasteiger partial charge in [0.15, 0.2) is 9.84 Å². The van der Waals surface area contributed by atoms with Crippen LogP contribution in [0.3, 0.4) is 0 Å². The molecule has 0 saturated carbocycles. The second-order valence-corrected chi connectivity index (χ2v) is 8.74. The minimum atomic E-state index is -2.88. The van der Waals surface area contributed by atoms with E-state index >= 15 is 0 Å². The van der Waals surface area contributed by atoms with Crippen LogP contribution >= 0.6 is 0 Å². The Morgan fingerprint density at radius 1 is 1.37 bits per heavy atom. The maximum absolute atomic E-state index is 11.7. The van der Waals surface area contributed by atoms with E-state index in [1.54, 1.807) is 6.92 Å². The van der Waals surface area contributed by atoms with Crippen LogP contribution in [0, 0.1) is 5.92 Å². The minimum Gasteiger partial charge on any atom is -0.311 e. The van der Waals surface area contributed by atoms with Gasteiger partial charge in [-0.05, 0) is 19.3 Å². The van der Waals surface area contributed by atoms with E-state index in [9.17, 15) is 8.42 Å². The third kappa shape index (κ3) is 4.43. The first-order valence-electron chi connectivity index (χ1n) is 7.43. The third-order valence-corrected chi connectivity index (χ3v) is 6.29. The molecule has 4 nitrogen and oxygen atoms in total. The molecule has 19 heavy (non-hydrogen) atoms. The fraction of sp³-hybridized carbons (Fsp3) is 1.00. The standard InChI is InChI=1S/C14H30N2O2S/c1-6-14(5)11-15-13(12(3)4)10-16(14)8-9-19(17,18)7-2/h12-13,15H,6-11H2,1-5H3. The van der Waals surface area contributed by atoms with Crippen LogP contribution in [0.1, 0.15) is 41.0 Å². The van der Waals surface area contributed by atoms with E-state index in [1.807, 2.05) is 0 Å². The van der Waals surface area contributed by atoms with Crippen LogP contribution in [0.4, 0.5) is 0 Å². The summed E-state index contributed by atoms with van der Waals surface area (Å²) in [5.41, 5.74) is 0.0780. The summed E-state index contributed by atoms with van der Waals surface area (Å²) < 4.78 is 23.4. The summed E-state index contributed by atoms with van der Waals surface area (Å²) in [6.07, 6.45) is 1.04. The maximum Gasteiger partial charge on any atom is 0.151 e. The lowest BCUT2D eigenvalue weighted by atomic mass is 9.89. The Morgan fingerprint density at radius 2 is 2.00 bits per heavy atom. The average molecular weight is 290 g/mol. The molecule has 2 unspecified atom stereocenters. The highest BCUT2D eigenvalue weighted by molar-refractivity contribution is 7.91. The molecule has 0 aromatic carbocycles. The molecule has 1 N–H and O–H groups in total. The van der Waals surface area contributed by atoms with Crippen LogP contribution < -0.4 is 5.32 Å². The zero-order chi connectivity index (χ0) is 14.7. The summed E-state index contributed by atoms with van der Waals surface area (Å²) >= 11 is 0. The van der Waals surface area contributed by atoms with Crippen LogP contribution in [0.15, 0.2) is 0 Å². The Labute approximate surface area is 118 Å². The molecule has 2 atom stereocenters. The Morgan fingerprint density at radius 3 is 2.47 bits per heavy atom. The van der Waals surface area contributed by atoms with E-state index in [0.29, 0.717) is 18.5 Å². The largest absolute Gasteiger partial charge is 0.311 e. The lowest BCUT2D eigenvalue weighted by molar-refractivity contribution is 0.0443. The van der Waals surface area contributed by atoms with Crippen molar-refractivity contribution < 1.29 is 8.42 Å². The Bertz CT molecular complexity index is 381. The van der Waals surface area contributed by atoms with Gasteiger partial charge in [-0.25, -0.2) is 8.42 Å². The van der Waals surface area contributed by atoms with Gasteiger partial charge in [-0.3, -0.25) is 4.90 Å². The van der Waals surface area contributed by atoms with E-state index in [2.05, 4.69) is 37.9 Å². The summed E-state index contributed by atoms with van der Waals surface area (Å²) in [5, 5.41) is 3.61. The SMILES string of the molecule is CCC1(C)CNC(C(C)C)CN1CCS(=O)(=O)CC. The predicted molar refractivity (Wildman–Crippen MR) is 81.2 cm³/mol. The van der Waals surface area contributed by atoms with Crippen LogP contribution in [0.5, 0.6) is 0 Å². The smallest absolute Gasteiger partial charge is 0.151 e. The summed E-state index contributed by atoms with van der Waals surface area (Å²) in [4.78, 5) is 2.38. The van der Waals surface area contributed by atoms with Crippen LogP contribution in [-0.4, -0.2) is 56.0 Å². The molecule has 0 amide bonds. The van der Waals surface area contributed by atoms with Gasteiger partial charge in [0.05, 0.1) is 5.75 Å². The first-order valence-corrected chi connectivity index (χ1v) is 9.25. The number of rotatable bonds is 6. The number of nitrogens with zero attached hydrogens (tertiary/aromatic N) is 1. The quantitative estimate of drug-likeness (QED) is 0.806. The molecule has 0 bridgehead atoms. The fourth-order valence-electron chi connectivity index (χ4n) is 2.54. The number of hydrogen-bond acceptors (Lipinski definition) is 4. The molecular weight excluding hydrogens is 260 g/mol. The Hall–Kier alpha value is -0.130. The predicted octanol–water partition coefficient (Wildman–Crippen LogP) is 1.52. The van der Waals surface area contributed by atoms with Gasteiger partial charge < -0.3 is 5.32 Å². The van der Waals surface area contributed by atoms with Crippen molar-refractivity contribution in [3.05, 3.63) is 0 Å². The van der Waals surface area contributed by atoms with Crippen molar-refractivity contribution in [2.45, 2.75) is 52.6 Å². The van der Waals surface area contributed by atoms with Gasteiger partial charge in [-0.15, -0.1) is 0 Å². The van der Waals surface area contributed by atoms with E-state index in [-0.39, 0.29) is 17.0 Å². The van der Waals surface area contributed by atoms with Crippen molar-refractivity contribution in [1.82, 2.24) is 10.2 Å². The normalized spacial score (nSPS) is 29.9. The van der Waals surface area contributed by atoms with Crippen molar-refractivity contribution in [2.75, 3.05) is 31.1 Å². The van der Waals surface area contributed by atoms with E-state index in [4.69, 9.17) is 0 Å². The maximum atomic E-state index is 11.7. The minimum absolute atomic E-state index is 0.0780. The molecule has 1 fully saturated rings. The van der Waals surface area contributed by atoms with Gasteiger partial charge in [-0.1, -0.05) is 27.7 Å². The van der Waals surface area contributed by atoms with Crippen molar-refractivity contribution in [3.63, 3.8) is 0 Å². The molecular formula is C14H30N2O2S.